The minimum Gasteiger partial charge on any atom is -0.264 e. The van der Waals surface area contributed by atoms with E-state index in [9.17, 15) is 0 Å². The van der Waals surface area contributed by atoms with Gasteiger partial charge in [0.1, 0.15) is 0 Å². The number of rotatable bonds is 4. The molecule has 0 N–H and O–H groups in total. The highest BCUT2D eigenvalue weighted by Gasteiger charge is 2.24. The molecule has 2 aromatic heterocycles. The number of pyridine rings is 2. The first kappa shape index (κ1) is 24.2. The number of hydrogen-bond acceptors (Lipinski definition) is 5. The van der Waals surface area contributed by atoms with Gasteiger partial charge in [-0.2, -0.15) is 4.57 Å². The second kappa shape index (κ2) is 11.0. The summed E-state index contributed by atoms with van der Waals surface area (Å²) in [6, 6.07) is 40.3. The van der Waals surface area contributed by atoms with Gasteiger partial charge in [-0.15, -0.1) is 10.2 Å². The fraction of sp³-hybridized carbons (Fsp3) is 0. The van der Waals surface area contributed by atoms with Crippen LogP contribution in [0.1, 0.15) is 0 Å². The Labute approximate surface area is 205 Å². The van der Waals surface area contributed by atoms with Gasteiger partial charge in [-0.25, -0.2) is 18.6 Å². The van der Waals surface area contributed by atoms with Crippen LogP contribution in [0.3, 0.4) is 0 Å². The second-order valence-corrected chi connectivity index (χ2v) is 8.29. The van der Waals surface area contributed by atoms with E-state index in [0.717, 1.165) is 17.1 Å². The van der Waals surface area contributed by atoms with Gasteiger partial charge >= 0.3 is 0 Å². The fourth-order valence-corrected chi connectivity index (χ4v) is 3.81. The van der Waals surface area contributed by atoms with Crippen molar-refractivity contribution in [3.63, 3.8) is 0 Å². The van der Waals surface area contributed by atoms with Crippen LogP contribution in [0.5, 0.6) is 0 Å². The lowest BCUT2D eigenvalue weighted by Gasteiger charge is -2.17. The molecule has 5 aromatic rings. The number of nitrogens with zero attached hydrogens (tertiary/aromatic N) is 2. The zero-order valence-corrected chi connectivity index (χ0v) is 19.3. The van der Waals surface area contributed by atoms with Crippen LogP contribution in [-0.2, 0) is 0 Å². The standard InChI is InChI=1S/C28H21N2.ClHO4/c1-4-10-22(11-5-1)25-20-27(23-12-6-2-7-13-23)30(26-16-18-29-19-17-26)28(21-25)24-14-8-3-9-15-24;2-1(3,4)5/h1-21H;(H,2,3,4,5)/q+1;/p-1. The average Bonchev–Trinajstić information content (AvgIpc) is 2.89. The van der Waals surface area contributed by atoms with Crippen LogP contribution >= 0.6 is 0 Å². The van der Waals surface area contributed by atoms with Crippen LogP contribution in [0.25, 0.3) is 39.3 Å². The minimum atomic E-state index is -4.94. The first-order valence-corrected chi connectivity index (χ1v) is 11.9. The van der Waals surface area contributed by atoms with Crippen molar-refractivity contribution in [1.29, 1.82) is 0 Å². The maximum absolute atomic E-state index is 8.49. The highest BCUT2D eigenvalue weighted by Crippen LogP contribution is 2.30. The van der Waals surface area contributed by atoms with Gasteiger partial charge < -0.3 is 0 Å². The Bertz CT molecular complexity index is 1300. The van der Waals surface area contributed by atoms with Gasteiger partial charge in [-0.1, -0.05) is 66.7 Å². The molecule has 0 bridgehead atoms. The Hall–Kier alpha value is -3.91. The van der Waals surface area contributed by atoms with Gasteiger partial charge in [0.15, 0.2) is 0 Å². The van der Waals surface area contributed by atoms with Crippen molar-refractivity contribution in [3.8, 4) is 39.3 Å². The molecule has 0 amide bonds. The molecule has 6 nitrogen and oxygen atoms in total. The maximum atomic E-state index is 8.49. The molecule has 0 radical (unpaired) electrons. The Morgan fingerprint density at radius 2 is 0.857 bits per heavy atom. The minimum absolute atomic E-state index is 1.09. The Balaban J connectivity index is 0.000000527. The first-order chi connectivity index (χ1) is 16.9. The molecule has 3 aromatic carbocycles. The van der Waals surface area contributed by atoms with E-state index in [4.69, 9.17) is 18.6 Å². The summed E-state index contributed by atoms with van der Waals surface area (Å²) in [4.78, 5) is 4.23. The van der Waals surface area contributed by atoms with Gasteiger partial charge in [0.05, 0.1) is 0 Å². The highest BCUT2D eigenvalue weighted by atomic mass is 35.7. The van der Waals surface area contributed by atoms with E-state index in [1.165, 1.54) is 22.3 Å². The van der Waals surface area contributed by atoms with Crippen molar-refractivity contribution in [3.05, 3.63) is 128 Å². The van der Waals surface area contributed by atoms with E-state index in [1.807, 2.05) is 12.4 Å². The molecule has 0 aliphatic heterocycles. The van der Waals surface area contributed by atoms with Gasteiger partial charge in [-0.05, 0) is 35.4 Å². The van der Waals surface area contributed by atoms with Crippen LogP contribution in [0, 0.1) is 10.2 Å². The van der Waals surface area contributed by atoms with Gasteiger partial charge in [0, 0.05) is 47.8 Å². The van der Waals surface area contributed by atoms with Gasteiger partial charge in [0.2, 0.25) is 17.1 Å². The van der Waals surface area contributed by atoms with E-state index in [0.29, 0.717) is 0 Å². The first-order valence-electron chi connectivity index (χ1n) is 10.7. The Morgan fingerprint density at radius 1 is 0.486 bits per heavy atom. The molecule has 0 saturated heterocycles. The van der Waals surface area contributed by atoms with Crippen molar-refractivity contribution in [1.82, 2.24) is 4.98 Å². The smallest absolute Gasteiger partial charge is 0.219 e. The Morgan fingerprint density at radius 3 is 1.26 bits per heavy atom. The van der Waals surface area contributed by atoms with Crippen molar-refractivity contribution < 1.29 is 33.4 Å². The zero-order valence-electron chi connectivity index (χ0n) is 18.5. The van der Waals surface area contributed by atoms with E-state index in [2.05, 4.69) is 125 Å². The molecule has 7 heteroatoms. The monoisotopic (exact) mass is 484 g/mol. The average molecular weight is 485 g/mol. The van der Waals surface area contributed by atoms with Gasteiger partial charge in [0.25, 0.3) is 0 Å². The third-order valence-electron chi connectivity index (χ3n) is 5.23. The number of halogens is 1. The predicted molar refractivity (Wildman–Crippen MR) is 122 cm³/mol. The fourth-order valence-electron chi connectivity index (χ4n) is 3.81. The van der Waals surface area contributed by atoms with Crippen LogP contribution in [0.2, 0.25) is 0 Å². The molecule has 35 heavy (non-hydrogen) atoms. The topological polar surface area (TPSA) is 109 Å². The molecule has 174 valence electrons. The molecule has 0 aliphatic carbocycles. The summed E-state index contributed by atoms with van der Waals surface area (Å²) in [5.74, 6) is 0. The SMILES string of the molecule is [O-][Cl+3]([O-])([O-])[O-].c1ccc(-c2cc(-c3ccccc3)[n+](-c3ccncc3)c(-c3ccccc3)c2)cc1. The van der Waals surface area contributed by atoms with Crippen molar-refractivity contribution in [2.24, 2.45) is 0 Å². The molecule has 0 atom stereocenters. The molecule has 2 heterocycles. The van der Waals surface area contributed by atoms with E-state index in [-0.39, 0.29) is 0 Å². The highest BCUT2D eigenvalue weighted by molar-refractivity contribution is 5.74. The summed E-state index contributed by atoms with van der Waals surface area (Å²) in [7, 11) is -4.94. The van der Waals surface area contributed by atoms with Crippen LogP contribution < -0.4 is 23.2 Å². The largest absolute Gasteiger partial charge is 0.264 e. The van der Waals surface area contributed by atoms with Crippen LogP contribution in [0.15, 0.2) is 128 Å². The number of hydrogen-bond donors (Lipinski definition) is 0. The van der Waals surface area contributed by atoms with Crippen molar-refractivity contribution >= 4 is 0 Å². The summed E-state index contributed by atoms with van der Waals surface area (Å²) in [6.45, 7) is 0. The molecule has 0 unspecified atom stereocenters. The Kier molecular flexibility index (Phi) is 7.62. The molecule has 0 spiro atoms. The lowest BCUT2D eigenvalue weighted by molar-refractivity contribution is -2.00. The summed E-state index contributed by atoms with van der Waals surface area (Å²) in [5.41, 5.74) is 8.10. The lowest BCUT2D eigenvalue weighted by Crippen LogP contribution is -2.68. The molecule has 0 fully saturated rings. The summed E-state index contributed by atoms with van der Waals surface area (Å²) in [5, 5.41) is 0. The maximum Gasteiger partial charge on any atom is 0.219 e. The van der Waals surface area contributed by atoms with E-state index < -0.39 is 10.2 Å². The predicted octanol–water partition coefficient (Wildman–Crippen LogP) is 1.60. The van der Waals surface area contributed by atoms with Crippen LogP contribution in [0.4, 0.5) is 0 Å². The summed E-state index contributed by atoms with van der Waals surface area (Å²) >= 11 is 0. The molecule has 0 saturated carbocycles. The number of benzene rings is 3. The summed E-state index contributed by atoms with van der Waals surface area (Å²) in [6.07, 6.45) is 3.69. The molecule has 5 rings (SSSR count). The lowest BCUT2D eigenvalue weighted by atomic mass is 9.98. The van der Waals surface area contributed by atoms with E-state index in [1.54, 1.807) is 0 Å². The molecular formula is C28H21ClN2O4. The van der Waals surface area contributed by atoms with Crippen LogP contribution in [-0.4, -0.2) is 4.98 Å². The van der Waals surface area contributed by atoms with E-state index >= 15 is 0 Å². The number of aromatic nitrogens is 2. The third kappa shape index (κ3) is 6.58. The van der Waals surface area contributed by atoms with Crippen molar-refractivity contribution in [2.45, 2.75) is 0 Å². The quantitative estimate of drug-likeness (QED) is 0.360. The van der Waals surface area contributed by atoms with Crippen molar-refractivity contribution in [2.75, 3.05) is 0 Å². The van der Waals surface area contributed by atoms with Gasteiger partial charge in [-0.3, -0.25) is 4.98 Å². The normalized spacial score (nSPS) is 10.9. The molecule has 0 aliphatic rings. The second-order valence-electron chi connectivity index (χ2n) is 7.53. The third-order valence-corrected chi connectivity index (χ3v) is 5.23. The molecular weight excluding hydrogens is 464 g/mol. The summed E-state index contributed by atoms with van der Waals surface area (Å²) < 4.78 is 36.3. The zero-order chi connectivity index (χ0) is 24.7.